The lowest BCUT2D eigenvalue weighted by atomic mass is 10.2. The van der Waals surface area contributed by atoms with E-state index in [1.54, 1.807) is 18.3 Å². The molecule has 0 spiro atoms. The van der Waals surface area contributed by atoms with Crippen LogP contribution in [0.2, 0.25) is 5.02 Å². The van der Waals surface area contributed by atoms with Crippen LogP contribution in [-0.4, -0.2) is 29.9 Å². The van der Waals surface area contributed by atoms with E-state index in [1.165, 1.54) is 4.68 Å². The molecule has 5 nitrogen and oxygen atoms in total. The van der Waals surface area contributed by atoms with E-state index in [1.807, 2.05) is 25.2 Å². The minimum Gasteiger partial charge on any atom is -0.382 e. The van der Waals surface area contributed by atoms with E-state index in [2.05, 4.69) is 15.7 Å². The number of hydrogen-bond acceptors (Lipinski definition) is 4. The first-order valence-corrected chi connectivity index (χ1v) is 6.77. The molecule has 2 rings (SSSR count). The Morgan fingerprint density at radius 1 is 1.30 bits per heavy atom. The molecule has 0 amide bonds. The molecule has 0 saturated heterocycles. The van der Waals surface area contributed by atoms with E-state index in [0.717, 1.165) is 24.3 Å². The molecule has 1 aromatic heterocycles. The molecule has 1 heterocycles. The van der Waals surface area contributed by atoms with Crippen molar-refractivity contribution in [3.63, 3.8) is 0 Å². The van der Waals surface area contributed by atoms with Gasteiger partial charge in [-0.05, 0) is 24.7 Å². The summed E-state index contributed by atoms with van der Waals surface area (Å²) in [5.74, 6) is 0. The first kappa shape index (κ1) is 14.6. The van der Waals surface area contributed by atoms with Crippen LogP contribution in [0, 0.1) is 0 Å². The van der Waals surface area contributed by atoms with Gasteiger partial charge in [-0.2, -0.15) is 5.10 Å². The predicted octanol–water partition coefficient (Wildman–Crippen LogP) is 1.58. The molecule has 20 heavy (non-hydrogen) atoms. The summed E-state index contributed by atoms with van der Waals surface area (Å²) in [5.41, 5.74) is 1.54. The topological polar surface area (TPSA) is 59.0 Å². The third-order valence-corrected chi connectivity index (χ3v) is 3.03. The highest BCUT2D eigenvalue weighted by molar-refractivity contribution is 6.30. The van der Waals surface area contributed by atoms with Crippen molar-refractivity contribution in [1.82, 2.24) is 15.1 Å². The van der Waals surface area contributed by atoms with Gasteiger partial charge in [-0.25, -0.2) is 4.68 Å². The minimum absolute atomic E-state index is 0.139. The van der Waals surface area contributed by atoms with Gasteiger partial charge in [-0.1, -0.05) is 23.7 Å². The van der Waals surface area contributed by atoms with E-state index in [4.69, 9.17) is 11.6 Å². The summed E-state index contributed by atoms with van der Waals surface area (Å²) in [6, 6.07) is 8.95. The van der Waals surface area contributed by atoms with E-state index >= 15 is 0 Å². The normalized spacial score (nSPS) is 10.5. The molecule has 0 atom stereocenters. The molecule has 2 aromatic rings. The van der Waals surface area contributed by atoms with E-state index in [9.17, 15) is 4.79 Å². The van der Waals surface area contributed by atoms with Gasteiger partial charge in [-0.3, -0.25) is 4.79 Å². The molecule has 0 aliphatic rings. The van der Waals surface area contributed by atoms with Gasteiger partial charge in [0.15, 0.2) is 0 Å². The van der Waals surface area contributed by atoms with E-state index in [-0.39, 0.29) is 5.56 Å². The van der Waals surface area contributed by atoms with Crippen molar-refractivity contribution in [2.24, 2.45) is 0 Å². The fraction of sp³-hybridized carbons (Fsp3) is 0.286. The van der Waals surface area contributed by atoms with Gasteiger partial charge >= 0.3 is 0 Å². The summed E-state index contributed by atoms with van der Waals surface area (Å²) in [6.07, 6.45) is 1.65. The average molecular weight is 293 g/mol. The highest BCUT2D eigenvalue weighted by Crippen LogP contribution is 2.11. The van der Waals surface area contributed by atoms with Crippen LogP contribution in [0.15, 0.2) is 41.3 Å². The lowest BCUT2D eigenvalue weighted by molar-refractivity contribution is 0.639. The average Bonchev–Trinajstić information content (AvgIpc) is 2.42. The van der Waals surface area contributed by atoms with Crippen LogP contribution in [0.3, 0.4) is 0 Å². The van der Waals surface area contributed by atoms with Crippen molar-refractivity contribution in [2.75, 3.05) is 25.5 Å². The molecular weight excluding hydrogens is 276 g/mol. The highest BCUT2D eigenvalue weighted by Gasteiger charge is 2.02. The Labute approximate surface area is 122 Å². The molecule has 0 bridgehead atoms. The van der Waals surface area contributed by atoms with Crippen molar-refractivity contribution in [3.05, 3.63) is 57.5 Å². The molecular formula is C14H17ClN4O. The van der Waals surface area contributed by atoms with Gasteiger partial charge in [0.25, 0.3) is 5.56 Å². The number of benzene rings is 1. The van der Waals surface area contributed by atoms with Crippen molar-refractivity contribution in [2.45, 2.75) is 6.54 Å². The summed E-state index contributed by atoms with van der Waals surface area (Å²) in [6.45, 7) is 1.98. The molecule has 106 valence electrons. The van der Waals surface area contributed by atoms with Crippen molar-refractivity contribution >= 4 is 17.3 Å². The molecule has 0 saturated carbocycles. The summed E-state index contributed by atoms with van der Waals surface area (Å²) < 4.78 is 1.41. The van der Waals surface area contributed by atoms with Crippen LogP contribution in [0.25, 0.3) is 0 Å². The number of aromatic nitrogens is 2. The number of rotatable bonds is 6. The van der Waals surface area contributed by atoms with Gasteiger partial charge in [-0.15, -0.1) is 0 Å². The second kappa shape index (κ2) is 7.07. The van der Waals surface area contributed by atoms with Crippen LogP contribution < -0.4 is 16.2 Å². The first-order chi connectivity index (χ1) is 9.69. The van der Waals surface area contributed by atoms with Gasteiger partial charge in [0.1, 0.15) is 0 Å². The lowest BCUT2D eigenvalue weighted by Gasteiger charge is -2.08. The molecule has 0 radical (unpaired) electrons. The van der Waals surface area contributed by atoms with Crippen molar-refractivity contribution in [3.8, 4) is 0 Å². The number of halogens is 1. The fourth-order valence-electron chi connectivity index (χ4n) is 1.79. The largest absolute Gasteiger partial charge is 0.382 e. The van der Waals surface area contributed by atoms with Crippen LogP contribution in [0.4, 0.5) is 5.69 Å². The summed E-state index contributed by atoms with van der Waals surface area (Å²) in [4.78, 5) is 12.0. The zero-order valence-corrected chi connectivity index (χ0v) is 12.0. The third kappa shape index (κ3) is 4.08. The van der Waals surface area contributed by atoms with E-state index < -0.39 is 0 Å². The Bertz CT molecular complexity index is 627. The third-order valence-electron chi connectivity index (χ3n) is 2.80. The minimum atomic E-state index is -0.139. The SMILES string of the molecule is CNCCNc1cnn(Cc2cccc(Cl)c2)c(=O)c1. The monoisotopic (exact) mass is 292 g/mol. The number of anilines is 1. The second-order valence-corrected chi connectivity index (χ2v) is 4.84. The molecule has 0 fully saturated rings. The van der Waals surface area contributed by atoms with Gasteiger partial charge in [0.05, 0.1) is 18.4 Å². The summed E-state index contributed by atoms with van der Waals surface area (Å²) >= 11 is 5.92. The maximum atomic E-state index is 12.0. The number of nitrogens with zero attached hydrogens (tertiary/aromatic N) is 2. The smallest absolute Gasteiger partial charge is 0.269 e. The van der Waals surface area contributed by atoms with Crippen molar-refractivity contribution < 1.29 is 0 Å². The zero-order chi connectivity index (χ0) is 14.4. The summed E-state index contributed by atoms with van der Waals surface area (Å²) in [7, 11) is 1.88. The quantitative estimate of drug-likeness (QED) is 0.794. The maximum absolute atomic E-state index is 12.0. The Morgan fingerprint density at radius 3 is 2.85 bits per heavy atom. The Kier molecular flexibility index (Phi) is 5.15. The predicted molar refractivity (Wildman–Crippen MR) is 81.5 cm³/mol. The highest BCUT2D eigenvalue weighted by atomic mass is 35.5. The Morgan fingerprint density at radius 2 is 2.15 bits per heavy atom. The maximum Gasteiger partial charge on any atom is 0.269 e. The number of nitrogens with one attached hydrogen (secondary N) is 2. The fourth-order valence-corrected chi connectivity index (χ4v) is 2.00. The van der Waals surface area contributed by atoms with Crippen LogP contribution in [0.5, 0.6) is 0 Å². The van der Waals surface area contributed by atoms with Gasteiger partial charge < -0.3 is 10.6 Å². The second-order valence-electron chi connectivity index (χ2n) is 4.40. The molecule has 0 aliphatic heterocycles. The summed E-state index contributed by atoms with van der Waals surface area (Å²) in [5, 5.41) is 11.0. The first-order valence-electron chi connectivity index (χ1n) is 6.39. The standard InChI is InChI=1S/C14H17ClN4O/c1-16-5-6-17-13-8-14(20)19(18-9-13)10-11-3-2-4-12(15)7-11/h2-4,7-9,16-17H,5-6,10H2,1H3. The number of likely N-dealkylation sites (N-methyl/N-ethyl adjacent to an activating group) is 1. The van der Waals surface area contributed by atoms with Crippen LogP contribution >= 0.6 is 11.6 Å². The van der Waals surface area contributed by atoms with Crippen molar-refractivity contribution in [1.29, 1.82) is 0 Å². The lowest BCUT2D eigenvalue weighted by Crippen LogP contribution is -2.24. The van der Waals surface area contributed by atoms with Crippen LogP contribution in [-0.2, 0) is 6.54 Å². The van der Waals surface area contributed by atoms with Gasteiger partial charge in [0.2, 0.25) is 0 Å². The molecule has 0 unspecified atom stereocenters. The molecule has 2 N–H and O–H groups in total. The Balaban J connectivity index is 2.08. The molecule has 0 aliphatic carbocycles. The molecule has 1 aromatic carbocycles. The van der Waals surface area contributed by atoms with Crippen LogP contribution in [0.1, 0.15) is 5.56 Å². The molecule has 6 heteroatoms. The van der Waals surface area contributed by atoms with E-state index in [0.29, 0.717) is 11.6 Å². The zero-order valence-electron chi connectivity index (χ0n) is 11.3. The van der Waals surface area contributed by atoms with Gasteiger partial charge in [0, 0.05) is 24.2 Å². The Hall–Kier alpha value is -1.85. The number of hydrogen-bond donors (Lipinski definition) is 2.